The van der Waals surface area contributed by atoms with Gasteiger partial charge >= 0.3 is 6.03 Å². The molecule has 2 aliphatic heterocycles. The number of urea groups is 1. The highest BCUT2D eigenvalue weighted by Crippen LogP contribution is 2.20. The summed E-state index contributed by atoms with van der Waals surface area (Å²) in [6.07, 6.45) is 2.92. The molecule has 0 spiro atoms. The average Bonchev–Trinajstić information content (AvgIpc) is 3.01. The van der Waals surface area contributed by atoms with Crippen LogP contribution in [0.4, 0.5) is 16.3 Å². The molecule has 2 amide bonds. The van der Waals surface area contributed by atoms with Crippen LogP contribution in [0.5, 0.6) is 0 Å². The third-order valence-corrected chi connectivity index (χ3v) is 6.20. The van der Waals surface area contributed by atoms with E-state index in [1.807, 2.05) is 17.9 Å². The predicted octanol–water partition coefficient (Wildman–Crippen LogP) is 3.59. The maximum absolute atomic E-state index is 12.9. The van der Waals surface area contributed by atoms with Crippen molar-refractivity contribution in [1.29, 1.82) is 0 Å². The van der Waals surface area contributed by atoms with Gasteiger partial charge in [0.2, 0.25) is 0 Å². The molecule has 0 aliphatic carbocycles. The summed E-state index contributed by atoms with van der Waals surface area (Å²) in [6.45, 7) is 9.47. The number of pyridine rings is 1. The van der Waals surface area contributed by atoms with Gasteiger partial charge in [-0.2, -0.15) is 0 Å². The van der Waals surface area contributed by atoms with Crippen LogP contribution in [-0.2, 0) is 0 Å². The zero-order valence-corrected chi connectivity index (χ0v) is 18.2. The molecule has 30 heavy (non-hydrogen) atoms. The molecule has 1 N–H and O–H groups in total. The fraction of sp³-hybridized carbons (Fsp3) is 0.500. The molecule has 0 unspecified atom stereocenters. The lowest BCUT2D eigenvalue weighted by Gasteiger charge is -2.34. The third kappa shape index (κ3) is 5.04. The standard InChI is InChI=1S/C24H33N5O/c1-19-7-9-22(10-8-19)27-13-4-14-29(18-17-27)24(30)26-21-11-15-28(16-12-21)23-6-3-5-20(2)25-23/h3,5-10,21H,4,11-18H2,1-2H3,(H,26,30). The van der Waals surface area contributed by atoms with E-state index >= 15 is 0 Å². The fourth-order valence-electron chi connectivity index (χ4n) is 4.36. The van der Waals surface area contributed by atoms with Crippen LogP contribution >= 0.6 is 0 Å². The first kappa shape index (κ1) is 20.5. The first-order valence-electron chi connectivity index (χ1n) is 11.1. The van der Waals surface area contributed by atoms with E-state index in [1.165, 1.54) is 11.3 Å². The van der Waals surface area contributed by atoms with Crippen LogP contribution in [0.2, 0.25) is 0 Å². The zero-order chi connectivity index (χ0) is 20.9. The number of carbonyl (C=O) groups excluding carboxylic acids is 1. The van der Waals surface area contributed by atoms with Crippen molar-refractivity contribution in [3.8, 4) is 0 Å². The first-order chi connectivity index (χ1) is 14.6. The Morgan fingerprint density at radius 3 is 2.40 bits per heavy atom. The van der Waals surface area contributed by atoms with E-state index in [9.17, 15) is 4.79 Å². The van der Waals surface area contributed by atoms with Crippen LogP contribution in [0, 0.1) is 13.8 Å². The Hall–Kier alpha value is -2.76. The minimum absolute atomic E-state index is 0.0906. The average molecular weight is 408 g/mol. The van der Waals surface area contributed by atoms with Crippen LogP contribution in [0.3, 0.4) is 0 Å². The lowest BCUT2D eigenvalue weighted by molar-refractivity contribution is 0.195. The molecule has 6 heteroatoms. The smallest absolute Gasteiger partial charge is 0.317 e. The van der Waals surface area contributed by atoms with Gasteiger partial charge in [0.05, 0.1) is 0 Å². The van der Waals surface area contributed by atoms with Gasteiger partial charge in [0, 0.05) is 56.7 Å². The predicted molar refractivity (Wildman–Crippen MR) is 122 cm³/mol. The van der Waals surface area contributed by atoms with Gasteiger partial charge in [0.25, 0.3) is 0 Å². The lowest BCUT2D eigenvalue weighted by Crippen LogP contribution is -2.50. The summed E-state index contributed by atoms with van der Waals surface area (Å²) in [7, 11) is 0. The number of aromatic nitrogens is 1. The summed E-state index contributed by atoms with van der Waals surface area (Å²) in [6, 6.07) is 15.2. The number of piperidine rings is 1. The van der Waals surface area contributed by atoms with Crippen LogP contribution in [0.15, 0.2) is 42.5 Å². The van der Waals surface area contributed by atoms with Crippen LogP contribution < -0.4 is 15.1 Å². The fourth-order valence-corrected chi connectivity index (χ4v) is 4.36. The van der Waals surface area contributed by atoms with E-state index in [4.69, 9.17) is 0 Å². The van der Waals surface area contributed by atoms with Crippen molar-refractivity contribution in [2.75, 3.05) is 49.1 Å². The number of hydrogen-bond donors (Lipinski definition) is 1. The quantitative estimate of drug-likeness (QED) is 0.845. The molecule has 6 nitrogen and oxygen atoms in total. The Balaban J connectivity index is 1.26. The molecular weight excluding hydrogens is 374 g/mol. The summed E-state index contributed by atoms with van der Waals surface area (Å²) in [5.41, 5.74) is 3.57. The van der Waals surface area contributed by atoms with Crippen molar-refractivity contribution in [2.45, 2.75) is 39.2 Å². The van der Waals surface area contributed by atoms with E-state index in [2.05, 4.69) is 63.4 Å². The van der Waals surface area contributed by atoms with E-state index in [1.54, 1.807) is 0 Å². The second kappa shape index (κ2) is 9.37. The summed E-state index contributed by atoms with van der Waals surface area (Å²) in [5.74, 6) is 1.04. The number of carbonyl (C=O) groups is 1. The summed E-state index contributed by atoms with van der Waals surface area (Å²) in [4.78, 5) is 24.2. The maximum Gasteiger partial charge on any atom is 0.317 e. The minimum Gasteiger partial charge on any atom is -0.370 e. The molecule has 2 fully saturated rings. The second-order valence-electron chi connectivity index (χ2n) is 8.51. The Labute approximate surface area is 179 Å². The van der Waals surface area contributed by atoms with Gasteiger partial charge < -0.3 is 20.0 Å². The molecule has 2 aliphatic rings. The van der Waals surface area contributed by atoms with Gasteiger partial charge in [-0.1, -0.05) is 23.8 Å². The first-order valence-corrected chi connectivity index (χ1v) is 11.1. The normalized spacial score (nSPS) is 18.3. The van der Waals surface area contributed by atoms with Crippen molar-refractivity contribution in [3.05, 3.63) is 53.7 Å². The molecule has 4 rings (SSSR count). The molecule has 0 saturated carbocycles. The second-order valence-corrected chi connectivity index (χ2v) is 8.51. The molecule has 0 bridgehead atoms. The Kier molecular flexibility index (Phi) is 6.41. The zero-order valence-electron chi connectivity index (χ0n) is 18.2. The Bertz CT molecular complexity index is 845. The summed E-state index contributed by atoms with van der Waals surface area (Å²) >= 11 is 0. The number of nitrogens with one attached hydrogen (secondary N) is 1. The summed E-state index contributed by atoms with van der Waals surface area (Å²) in [5, 5.41) is 3.28. The largest absolute Gasteiger partial charge is 0.370 e. The van der Waals surface area contributed by atoms with Crippen LogP contribution in [0.25, 0.3) is 0 Å². The highest BCUT2D eigenvalue weighted by molar-refractivity contribution is 5.74. The topological polar surface area (TPSA) is 51.7 Å². The molecule has 1 aromatic carbocycles. The van der Waals surface area contributed by atoms with Gasteiger partial charge in [0.1, 0.15) is 5.82 Å². The lowest BCUT2D eigenvalue weighted by atomic mass is 10.1. The van der Waals surface area contributed by atoms with E-state index < -0.39 is 0 Å². The number of amides is 2. The molecular formula is C24H33N5O. The van der Waals surface area contributed by atoms with Crippen molar-refractivity contribution in [3.63, 3.8) is 0 Å². The number of benzene rings is 1. The number of hydrogen-bond acceptors (Lipinski definition) is 4. The van der Waals surface area contributed by atoms with Crippen molar-refractivity contribution >= 4 is 17.5 Å². The van der Waals surface area contributed by atoms with Crippen LogP contribution in [0.1, 0.15) is 30.5 Å². The third-order valence-electron chi connectivity index (χ3n) is 6.20. The Morgan fingerprint density at radius 1 is 0.900 bits per heavy atom. The number of anilines is 2. The SMILES string of the molecule is Cc1ccc(N2CCCN(C(=O)NC3CCN(c4cccc(C)n4)CC3)CC2)cc1. The van der Waals surface area contributed by atoms with Crippen molar-refractivity contribution < 1.29 is 4.79 Å². The maximum atomic E-state index is 12.9. The molecule has 1 aromatic heterocycles. The molecule has 3 heterocycles. The van der Waals surface area contributed by atoms with E-state index in [0.717, 1.165) is 70.0 Å². The molecule has 0 radical (unpaired) electrons. The van der Waals surface area contributed by atoms with Crippen molar-refractivity contribution in [1.82, 2.24) is 15.2 Å². The number of nitrogens with zero attached hydrogens (tertiary/aromatic N) is 4. The highest BCUT2D eigenvalue weighted by Gasteiger charge is 2.25. The Morgan fingerprint density at radius 2 is 1.67 bits per heavy atom. The number of aryl methyl sites for hydroxylation is 2. The number of rotatable bonds is 3. The minimum atomic E-state index is 0.0906. The van der Waals surface area contributed by atoms with Gasteiger partial charge in [-0.3, -0.25) is 0 Å². The molecule has 160 valence electrons. The molecule has 2 aromatic rings. The van der Waals surface area contributed by atoms with E-state index in [-0.39, 0.29) is 12.1 Å². The summed E-state index contributed by atoms with van der Waals surface area (Å²) < 4.78 is 0. The van der Waals surface area contributed by atoms with Crippen molar-refractivity contribution in [2.24, 2.45) is 0 Å². The van der Waals surface area contributed by atoms with Gasteiger partial charge in [-0.15, -0.1) is 0 Å². The monoisotopic (exact) mass is 407 g/mol. The molecule has 0 atom stereocenters. The van der Waals surface area contributed by atoms with Crippen LogP contribution in [-0.4, -0.2) is 61.2 Å². The van der Waals surface area contributed by atoms with Gasteiger partial charge in [-0.25, -0.2) is 9.78 Å². The van der Waals surface area contributed by atoms with Gasteiger partial charge in [-0.05, 0) is 57.4 Å². The van der Waals surface area contributed by atoms with Gasteiger partial charge in [0.15, 0.2) is 0 Å². The van der Waals surface area contributed by atoms with E-state index in [0.29, 0.717) is 0 Å². The highest BCUT2D eigenvalue weighted by atomic mass is 16.2. The molecule has 2 saturated heterocycles.